The molecular weight excluding hydrogens is 180 g/mol. The van der Waals surface area contributed by atoms with Gasteiger partial charge in [-0.1, -0.05) is 36.4 Å². The molecule has 0 saturated heterocycles. The van der Waals surface area contributed by atoms with Gasteiger partial charge in [-0.25, -0.2) is 0 Å². The summed E-state index contributed by atoms with van der Waals surface area (Å²) in [4.78, 5) is 0. The largest absolute Gasteiger partial charge is 0.0617 e. The molecule has 1 aliphatic rings. The molecule has 0 N–H and O–H groups in total. The van der Waals surface area contributed by atoms with Crippen LogP contribution in [0.2, 0.25) is 0 Å². The summed E-state index contributed by atoms with van der Waals surface area (Å²) in [5, 5.41) is 0. The topological polar surface area (TPSA) is 0 Å². The Morgan fingerprint density at radius 2 is 1.60 bits per heavy atom. The molecule has 0 amide bonds. The molecule has 0 heteroatoms. The van der Waals surface area contributed by atoms with E-state index in [-0.39, 0.29) is 0 Å². The molecule has 74 valence electrons. The number of hydrogen-bond acceptors (Lipinski definition) is 0. The first-order valence-corrected chi connectivity index (χ1v) is 5.45. The second-order valence-electron chi connectivity index (χ2n) is 4.39. The SMILES string of the molecule is Cc1cccc2c1Cc1cccc(C)c1-2. The van der Waals surface area contributed by atoms with Gasteiger partial charge >= 0.3 is 0 Å². The predicted octanol–water partition coefficient (Wildman–Crippen LogP) is 3.87. The van der Waals surface area contributed by atoms with Crippen LogP contribution in [0.4, 0.5) is 0 Å². The Kier molecular flexibility index (Phi) is 1.72. The lowest BCUT2D eigenvalue weighted by Gasteiger charge is -2.05. The second-order valence-corrected chi connectivity index (χ2v) is 4.39. The highest BCUT2D eigenvalue weighted by Crippen LogP contribution is 2.39. The highest BCUT2D eigenvalue weighted by molar-refractivity contribution is 5.80. The lowest BCUT2D eigenvalue weighted by atomic mass is 9.99. The van der Waals surface area contributed by atoms with E-state index in [9.17, 15) is 0 Å². The first-order chi connectivity index (χ1) is 7.27. The normalized spacial score (nSPS) is 12.4. The zero-order valence-corrected chi connectivity index (χ0v) is 9.17. The highest BCUT2D eigenvalue weighted by atomic mass is 14.2. The lowest BCUT2D eigenvalue weighted by molar-refractivity contribution is 1.21. The van der Waals surface area contributed by atoms with Crippen LogP contribution in [0.25, 0.3) is 11.1 Å². The molecule has 2 aromatic carbocycles. The van der Waals surface area contributed by atoms with E-state index in [1.807, 2.05) is 0 Å². The molecule has 1 aliphatic carbocycles. The minimum atomic E-state index is 1.11. The Morgan fingerprint density at radius 1 is 0.867 bits per heavy atom. The number of rotatable bonds is 0. The van der Waals surface area contributed by atoms with Crippen molar-refractivity contribution in [2.45, 2.75) is 20.3 Å². The maximum absolute atomic E-state index is 2.25. The summed E-state index contributed by atoms with van der Waals surface area (Å²) in [6, 6.07) is 13.2. The van der Waals surface area contributed by atoms with Gasteiger partial charge in [0.2, 0.25) is 0 Å². The molecule has 0 nitrogen and oxygen atoms in total. The fourth-order valence-electron chi connectivity index (χ4n) is 2.62. The van der Waals surface area contributed by atoms with E-state index in [0.29, 0.717) is 0 Å². The van der Waals surface area contributed by atoms with Crippen LogP contribution in [0.1, 0.15) is 22.3 Å². The van der Waals surface area contributed by atoms with Crippen LogP contribution < -0.4 is 0 Å². The van der Waals surface area contributed by atoms with Crippen molar-refractivity contribution in [1.29, 1.82) is 0 Å². The van der Waals surface area contributed by atoms with Crippen LogP contribution in [0, 0.1) is 13.8 Å². The lowest BCUT2D eigenvalue weighted by Crippen LogP contribution is -1.84. The summed E-state index contributed by atoms with van der Waals surface area (Å²) in [6.07, 6.45) is 1.11. The summed E-state index contributed by atoms with van der Waals surface area (Å²) in [6.45, 7) is 4.41. The summed E-state index contributed by atoms with van der Waals surface area (Å²) in [5.74, 6) is 0. The quantitative estimate of drug-likeness (QED) is 0.509. The first-order valence-electron chi connectivity index (χ1n) is 5.45. The number of benzene rings is 2. The first kappa shape index (κ1) is 8.72. The van der Waals surface area contributed by atoms with E-state index in [4.69, 9.17) is 0 Å². The van der Waals surface area contributed by atoms with Crippen molar-refractivity contribution in [2.75, 3.05) is 0 Å². The van der Waals surface area contributed by atoms with Gasteiger partial charge in [0.15, 0.2) is 0 Å². The molecule has 0 heterocycles. The molecule has 2 aromatic rings. The van der Waals surface area contributed by atoms with Crippen LogP contribution in [-0.4, -0.2) is 0 Å². The van der Waals surface area contributed by atoms with Crippen molar-refractivity contribution < 1.29 is 0 Å². The minimum Gasteiger partial charge on any atom is -0.0617 e. The summed E-state index contributed by atoms with van der Waals surface area (Å²) in [5.41, 5.74) is 8.74. The maximum atomic E-state index is 2.25. The van der Waals surface area contributed by atoms with E-state index in [0.717, 1.165) is 6.42 Å². The van der Waals surface area contributed by atoms with Gasteiger partial charge in [-0.15, -0.1) is 0 Å². The molecule has 3 rings (SSSR count). The van der Waals surface area contributed by atoms with Gasteiger partial charge in [0.1, 0.15) is 0 Å². The fraction of sp³-hybridized carbons (Fsp3) is 0.200. The van der Waals surface area contributed by atoms with Crippen LogP contribution >= 0.6 is 0 Å². The summed E-state index contributed by atoms with van der Waals surface area (Å²) in [7, 11) is 0. The molecule has 0 saturated carbocycles. The average molecular weight is 194 g/mol. The number of hydrogen-bond donors (Lipinski definition) is 0. The minimum absolute atomic E-state index is 1.11. The third-order valence-corrected chi connectivity index (χ3v) is 3.41. The average Bonchev–Trinajstić information content (AvgIpc) is 2.59. The van der Waals surface area contributed by atoms with E-state index in [2.05, 4.69) is 50.2 Å². The molecular formula is C15H14. The van der Waals surface area contributed by atoms with E-state index in [1.54, 1.807) is 0 Å². The highest BCUT2D eigenvalue weighted by Gasteiger charge is 2.20. The Morgan fingerprint density at radius 3 is 2.47 bits per heavy atom. The van der Waals surface area contributed by atoms with Crippen LogP contribution in [-0.2, 0) is 6.42 Å². The van der Waals surface area contributed by atoms with E-state index < -0.39 is 0 Å². The van der Waals surface area contributed by atoms with Gasteiger partial charge in [0.05, 0.1) is 0 Å². The van der Waals surface area contributed by atoms with Crippen molar-refractivity contribution in [1.82, 2.24) is 0 Å². The Labute approximate surface area is 90.6 Å². The van der Waals surface area contributed by atoms with Crippen LogP contribution in [0.15, 0.2) is 36.4 Å². The van der Waals surface area contributed by atoms with Crippen molar-refractivity contribution in [3.05, 3.63) is 58.7 Å². The van der Waals surface area contributed by atoms with Crippen LogP contribution in [0.3, 0.4) is 0 Å². The molecule has 0 aromatic heterocycles. The molecule has 0 atom stereocenters. The Hall–Kier alpha value is -1.56. The monoisotopic (exact) mass is 194 g/mol. The Bertz CT molecular complexity index is 536. The zero-order valence-electron chi connectivity index (χ0n) is 9.17. The second kappa shape index (κ2) is 2.96. The molecule has 15 heavy (non-hydrogen) atoms. The molecule has 0 spiro atoms. The smallest absolute Gasteiger partial charge is 0.00107 e. The van der Waals surface area contributed by atoms with E-state index >= 15 is 0 Å². The van der Waals surface area contributed by atoms with Crippen molar-refractivity contribution >= 4 is 0 Å². The summed E-state index contributed by atoms with van der Waals surface area (Å²) < 4.78 is 0. The van der Waals surface area contributed by atoms with Gasteiger partial charge in [-0.3, -0.25) is 0 Å². The molecule has 0 bridgehead atoms. The molecule has 0 radical (unpaired) electrons. The standard InChI is InChI=1S/C15H14/c1-10-5-4-8-13-14(10)9-12-7-3-6-11(2)15(12)13/h3-8H,9H2,1-2H3. The van der Waals surface area contributed by atoms with Crippen molar-refractivity contribution in [3.8, 4) is 11.1 Å². The molecule has 0 aliphatic heterocycles. The van der Waals surface area contributed by atoms with Crippen molar-refractivity contribution in [2.24, 2.45) is 0 Å². The number of fused-ring (bicyclic) bond motifs is 3. The predicted molar refractivity (Wildman–Crippen MR) is 64.2 cm³/mol. The maximum Gasteiger partial charge on any atom is -0.00107 e. The van der Waals surface area contributed by atoms with Crippen molar-refractivity contribution in [3.63, 3.8) is 0 Å². The third kappa shape index (κ3) is 1.14. The Balaban J connectivity index is 2.36. The van der Waals surface area contributed by atoms with Crippen LogP contribution in [0.5, 0.6) is 0 Å². The van der Waals surface area contributed by atoms with Gasteiger partial charge in [0.25, 0.3) is 0 Å². The third-order valence-electron chi connectivity index (χ3n) is 3.41. The molecule has 0 unspecified atom stereocenters. The van der Waals surface area contributed by atoms with Gasteiger partial charge in [0, 0.05) is 0 Å². The van der Waals surface area contributed by atoms with Gasteiger partial charge in [-0.2, -0.15) is 0 Å². The van der Waals surface area contributed by atoms with Gasteiger partial charge in [-0.05, 0) is 53.6 Å². The van der Waals surface area contributed by atoms with E-state index in [1.165, 1.54) is 33.4 Å². The van der Waals surface area contributed by atoms with Gasteiger partial charge < -0.3 is 0 Å². The number of aryl methyl sites for hydroxylation is 2. The fourth-order valence-corrected chi connectivity index (χ4v) is 2.62. The zero-order chi connectivity index (χ0) is 10.4. The molecule has 0 fully saturated rings. The summed E-state index contributed by atoms with van der Waals surface area (Å²) >= 11 is 0.